The summed E-state index contributed by atoms with van der Waals surface area (Å²) in [7, 11) is 0. The Labute approximate surface area is 69.3 Å². The quantitative estimate of drug-likeness (QED) is 0.724. The van der Waals surface area contributed by atoms with E-state index in [1.165, 1.54) is 0 Å². The van der Waals surface area contributed by atoms with Gasteiger partial charge in [0.2, 0.25) is 0 Å². The van der Waals surface area contributed by atoms with Crippen LogP contribution in [0.1, 0.15) is 20.3 Å². The fraction of sp³-hybridized carbons (Fsp3) is 1.00. The van der Waals surface area contributed by atoms with E-state index in [-0.39, 0.29) is 12.7 Å². The van der Waals surface area contributed by atoms with Gasteiger partial charge in [-0.3, -0.25) is 0 Å². The molecule has 1 N–H and O–H groups in total. The van der Waals surface area contributed by atoms with Gasteiger partial charge in [0.15, 0.2) is 0 Å². The highest BCUT2D eigenvalue weighted by Gasteiger charge is 2.31. The molecule has 12 heavy (non-hydrogen) atoms. The SMILES string of the molecule is CC(C)OCC(O)CC(F)(F)F. The van der Waals surface area contributed by atoms with E-state index in [9.17, 15) is 13.2 Å². The largest absolute Gasteiger partial charge is 0.391 e. The summed E-state index contributed by atoms with van der Waals surface area (Å²) in [4.78, 5) is 0. The standard InChI is InChI=1S/C7H13F3O2/c1-5(2)12-4-6(11)3-7(8,9)10/h5-6,11H,3-4H2,1-2H3. The van der Waals surface area contributed by atoms with Crippen LogP contribution in [0.5, 0.6) is 0 Å². The van der Waals surface area contributed by atoms with Crippen molar-refractivity contribution in [2.45, 2.75) is 38.7 Å². The van der Waals surface area contributed by atoms with Crippen LogP contribution in [0.2, 0.25) is 0 Å². The summed E-state index contributed by atoms with van der Waals surface area (Å²) in [5.74, 6) is 0. The lowest BCUT2D eigenvalue weighted by Crippen LogP contribution is -2.25. The van der Waals surface area contributed by atoms with Gasteiger partial charge in [-0.2, -0.15) is 13.2 Å². The summed E-state index contributed by atoms with van der Waals surface area (Å²) in [6.07, 6.45) is -7.14. The van der Waals surface area contributed by atoms with Crippen molar-refractivity contribution >= 4 is 0 Å². The number of aliphatic hydroxyl groups is 1. The highest BCUT2D eigenvalue weighted by molar-refractivity contribution is 4.60. The molecule has 0 spiro atoms. The zero-order valence-electron chi connectivity index (χ0n) is 7.06. The van der Waals surface area contributed by atoms with Gasteiger partial charge in [0.25, 0.3) is 0 Å². The van der Waals surface area contributed by atoms with Crippen LogP contribution in [-0.2, 0) is 4.74 Å². The van der Waals surface area contributed by atoms with E-state index in [0.717, 1.165) is 0 Å². The Morgan fingerprint density at radius 1 is 1.33 bits per heavy atom. The van der Waals surface area contributed by atoms with Gasteiger partial charge in [-0.25, -0.2) is 0 Å². The van der Waals surface area contributed by atoms with Crippen molar-refractivity contribution in [1.29, 1.82) is 0 Å². The highest BCUT2D eigenvalue weighted by atomic mass is 19.4. The predicted molar refractivity (Wildman–Crippen MR) is 37.8 cm³/mol. The van der Waals surface area contributed by atoms with E-state index in [4.69, 9.17) is 9.84 Å². The van der Waals surface area contributed by atoms with Crippen molar-refractivity contribution in [2.75, 3.05) is 6.61 Å². The summed E-state index contributed by atoms with van der Waals surface area (Å²) in [5, 5.41) is 8.79. The lowest BCUT2D eigenvalue weighted by Gasteiger charge is -2.14. The first-order chi connectivity index (χ1) is 5.31. The fourth-order valence-electron chi connectivity index (χ4n) is 0.630. The molecule has 0 aromatic carbocycles. The molecule has 74 valence electrons. The normalized spacial score (nSPS) is 15.2. The Hall–Kier alpha value is -0.290. The van der Waals surface area contributed by atoms with Gasteiger partial charge in [0.05, 0.1) is 25.2 Å². The van der Waals surface area contributed by atoms with Crippen LogP contribution in [-0.4, -0.2) is 30.1 Å². The topological polar surface area (TPSA) is 29.5 Å². The third-order valence-electron chi connectivity index (χ3n) is 1.09. The first kappa shape index (κ1) is 11.7. The molecule has 0 heterocycles. The number of halogens is 3. The van der Waals surface area contributed by atoms with Crippen LogP contribution >= 0.6 is 0 Å². The van der Waals surface area contributed by atoms with Crippen LogP contribution in [0.25, 0.3) is 0 Å². The lowest BCUT2D eigenvalue weighted by atomic mass is 10.2. The molecule has 0 saturated heterocycles. The molecule has 0 aliphatic heterocycles. The molecule has 0 amide bonds. The second kappa shape index (κ2) is 4.67. The van der Waals surface area contributed by atoms with E-state index in [1.54, 1.807) is 13.8 Å². The van der Waals surface area contributed by atoms with Crippen LogP contribution in [0, 0.1) is 0 Å². The number of aliphatic hydroxyl groups excluding tert-OH is 1. The molecule has 0 aliphatic rings. The Bertz CT molecular complexity index is 122. The summed E-state index contributed by atoms with van der Waals surface area (Å²) >= 11 is 0. The van der Waals surface area contributed by atoms with Gasteiger partial charge >= 0.3 is 6.18 Å². The molecular weight excluding hydrogens is 173 g/mol. The number of rotatable bonds is 4. The van der Waals surface area contributed by atoms with E-state index in [1.807, 2.05) is 0 Å². The smallest absolute Gasteiger partial charge is 0.390 e. The van der Waals surface area contributed by atoms with Crippen molar-refractivity contribution < 1.29 is 23.0 Å². The van der Waals surface area contributed by atoms with Crippen molar-refractivity contribution in [1.82, 2.24) is 0 Å². The van der Waals surface area contributed by atoms with Crippen molar-refractivity contribution in [3.8, 4) is 0 Å². The summed E-state index contributed by atoms with van der Waals surface area (Å²) < 4.78 is 39.6. The average molecular weight is 186 g/mol. The third-order valence-corrected chi connectivity index (χ3v) is 1.09. The lowest BCUT2D eigenvalue weighted by molar-refractivity contribution is -0.161. The molecule has 0 bridgehead atoms. The van der Waals surface area contributed by atoms with E-state index in [2.05, 4.69) is 0 Å². The number of hydrogen-bond acceptors (Lipinski definition) is 2. The minimum atomic E-state index is -4.32. The maximum atomic E-state index is 11.6. The Morgan fingerprint density at radius 2 is 1.83 bits per heavy atom. The summed E-state index contributed by atoms with van der Waals surface area (Å²) in [6, 6.07) is 0. The Morgan fingerprint density at radius 3 is 2.17 bits per heavy atom. The molecule has 0 aromatic rings. The zero-order chi connectivity index (χ0) is 9.78. The molecule has 0 rings (SSSR count). The number of ether oxygens (including phenoxy) is 1. The zero-order valence-corrected chi connectivity index (χ0v) is 7.06. The number of alkyl halides is 3. The molecule has 0 aromatic heterocycles. The van der Waals surface area contributed by atoms with Crippen LogP contribution in [0.3, 0.4) is 0 Å². The molecule has 0 fully saturated rings. The minimum absolute atomic E-state index is 0.159. The third kappa shape index (κ3) is 7.81. The first-order valence-electron chi connectivity index (χ1n) is 3.67. The van der Waals surface area contributed by atoms with Crippen LogP contribution in [0.4, 0.5) is 13.2 Å². The Kier molecular flexibility index (Phi) is 4.55. The minimum Gasteiger partial charge on any atom is -0.390 e. The fourth-order valence-corrected chi connectivity index (χ4v) is 0.630. The maximum Gasteiger partial charge on any atom is 0.391 e. The molecular formula is C7H13F3O2. The highest BCUT2D eigenvalue weighted by Crippen LogP contribution is 2.21. The average Bonchev–Trinajstić information content (AvgIpc) is 1.79. The van der Waals surface area contributed by atoms with Gasteiger partial charge < -0.3 is 9.84 Å². The molecule has 1 unspecified atom stereocenters. The van der Waals surface area contributed by atoms with Gasteiger partial charge in [-0.05, 0) is 13.8 Å². The summed E-state index contributed by atoms with van der Waals surface area (Å²) in [5.41, 5.74) is 0. The first-order valence-corrected chi connectivity index (χ1v) is 3.67. The van der Waals surface area contributed by atoms with Crippen molar-refractivity contribution in [3.05, 3.63) is 0 Å². The van der Waals surface area contributed by atoms with Crippen molar-refractivity contribution in [2.24, 2.45) is 0 Å². The molecule has 0 aliphatic carbocycles. The second-order valence-corrected chi connectivity index (χ2v) is 2.86. The van der Waals surface area contributed by atoms with E-state index >= 15 is 0 Å². The summed E-state index contributed by atoms with van der Waals surface area (Å²) in [6.45, 7) is 3.12. The van der Waals surface area contributed by atoms with Gasteiger partial charge in [-0.1, -0.05) is 0 Å². The molecule has 0 saturated carbocycles. The molecule has 0 radical (unpaired) electrons. The molecule has 2 nitrogen and oxygen atoms in total. The molecule has 5 heteroatoms. The van der Waals surface area contributed by atoms with Crippen molar-refractivity contribution in [3.63, 3.8) is 0 Å². The monoisotopic (exact) mass is 186 g/mol. The second-order valence-electron chi connectivity index (χ2n) is 2.86. The van der Waals surface area contributed by atoms with E-state index in [0.29, 0.717) is 0 Å². The Balaban J connectivity index is 3.53. The van der Waals surface area contributed by atoms with Crippen LogP contribution in [0.15, 0.2) is 0 Å². The van der Waals surface area contributed by atoms with Gasteiger partial charge in [-0.15, -0.1) is 0 Å². The predicted octanol–water partition coefficient (Wildman–Crippen LogP) is 1.72. The number of hydrogen-bond donors (Lipinski definition) is 1. The van der Waals surface area contributed by atoms with Gasteiger partial charge in [0.1, 0.15) is 0 Å². The maximum absolute atomic E-state index is 11.6. The van der Waals surface area contributed by atoms with E-state index < -0.39 is 18.7 Å². The van der Waals surface area contributed by atoms with Gasteiger partial charge in [0, 0.05) is 0 Å². The van der Waals surface area contributed by atoms with Crippen LogP contribution < -0.4 is 0 Å². The molecule has 1 atom stereocenters.